The fraction of sp³-hybridized carbons (Fsp3) is 0.533. The van der Waals surface area contributed by atoms with Crippen molar-refractivity contribution in [3.8, 4) is 0 Å². The SMILES string of the molecule is CC(C)(C)OC(=O)NCCS.Cc1cccc(C)c1. The van der Waals surface area contributed by atoms with Gasteiger partial charge in [-0.05, 0) is 34.6 Å². The van der Waals surface area contributed by atoms with E-state index in [1.54, 1.807) is 0 Å². The number of carbonyl (C=O) groups excluding carboxylic acids is 1. The van der Waals surface area contributed by atoms with Gasteiger partial charge in [-0.1, -0.05) is 35.4 Å². The lowest BCUT2D eigenvalue weighted by molar-refractivity contribution is 0.0531. The van der Waals surface area contributed by atoms with Crippen LogP contribution in [0.3, 0.4) is 0 Å². The molecule has 1 aromatic carbocycles. The van der Waals surface area contributed by atoms with Gasteiger partial charge in [0.15, 0.2) is 0 Å². The maximum Gasteiger partial charge on any atom is 0.407 e. The minimum absolute atomic E-state index is 0.383. The highest BCUT2D eigenvalue weighted by atomic mass is 32.1. The van der Waals surface area contributed by atoms with Crippen molar-refractivity contribution < 1.29 is 9.53 Å². The second-order valence-electron chi connectivity index (χ2n) is 5.31. The zero-order chi connectivity index (χ0) is 14.9. The van der Waals surface area contributed by atoms with Crippen LogP contribution in [-0.4, -0.2) is 24.0 Å². The van der Waals surface area contributed by atoms with E-state index in [-0.39, 0.29) is 6.09 Å². The van der Waals surface area contributed by atoms with Gasteiger partial charge in [-0.15, -0.1) is 0 Å². The number of rotatable bonds is 2. The summed E-state index contributed by atoms with van der Waals surface area (Å²) in [5, 5.41) is 2.55. The fourth-order valence-corrected chi connectivity index (χ4v) is 1.39. The molecule has 0 aliphatic heterocycles. The van der Waals surface area contributed by atoms with Gasteiger partial charge < -0.3 is 10.1 Å². The standard InChI is InChI=1S/C8H10.C7H15NO2S/c1-7-4-3-5-8(2)6-7;1-7(2,3)10-6(9)8-4-5-11/h3-6H,1-2H3;11H,4-5H2,1-3H3,(H,8,9). The van der Waals surface area contributed by atoms with Gasteiger partial charge in [-0.2, -0.15) is 12.6 Å². The molecule has 0 aliphatic carbocycles. The topological polar surface area (TPSA) is 38.3 Å². The Hall–Kier alpha value is -1.16. The molecular formula is C15H25NO2S. The highest BCUT2D eigenvalue weighted by molar-refractivity contribution is 7.80. The molecule has 1 N–H and O–H groups in total. The van der Waals surface area contributed by atoms with Crippen molar-refractivity contribution in [3.63, 3.8) is 0 Å². The molecule has 0 aliphatic rings. The summed E-state index contributed by atoms with van der Waals surface area (Å²) in [6.07, 6.45) is -0.383. The van der Waals surface area contributed by atoms with Crippen molar-refractivity contribution >= 4 is 18.7 Å². The quantitative estimate of drug-likeness (QED) is 0.811. The Bertz CT molecular complexity index is 369. The number of hydrogen-bond acceptors (Lipinski definition) is 3. The molecule has 19 heavy (non-hydrogen) atoms. The van der Waals surface area contributed by atoms with Crippen LogP contribution in [0.1, 0.15) is 31.9 Å². The van der Waals surface area contributed by atoms with Gasteiger partial charge in [0.2, 0.25) is 0 Å². The lowest BCUT2D eigenvalue weighted by atomic mass is 10.2. The molecule has 0 radical (unpaired) electrons. The number of alkyl carbamates (subject to hydrolysis) is 1. The Kier molecular flexibility index (Phi) is 8.32. The lowest BCUT2D eigenvalue weighted by Gasteiger charge is -2.19. The molecule has 0 heterocycles. The van der Waals surface area contributed by atoms with Gasteiger partial charge in [0.05, 0.1) is 0 Å². The molecular weight excluding hydrogens is 258 g/mol. The maximum atomic E-state index is 10.9. The van der Waals surface area contributed by atoms with Crippen molar-refractivity contribution in [2.45, 2.75) is 40.2 Å². The van der Waals surface area contributed by atoms with Crippen molar-refractivity contribution in [2.24, 2.45) is 0 Å². The van der Waals surface area contributed by atoms with Gasteiger partial charge >= 0.3 is 6.09 Å². The summed E-state index contributed by atoms with van der Waals surface area (Å²) in [5.41, 5.74) is 2.26. The van der Waals surface area contributed by atoms with E-state index in [0.29, 0.717) is 12.3 Å². The molecule has 4 heteroatoms. The largest absolute Gasteiger partial charge is 0.444 e. The Labute approximate surface area is 122 Å². The first-order valence-corrected chi connectivity index (χ1v) is 6.99. The van der Waals surface area contributed by atoms with Gasteiger partial charge in [-0.3, -0.25) is 0 Å². The summed E-state index contributed by atoms with van der Waals surface area (Å²) in [6.45, 7) is 10.2. The zero-order valence-corrected chi connectivity index (χ0v) is 13.4. The molecule has 1 amide bonds. The van der Waals surface area contributed by atoms with E-state index in [9.17, 15) is 4.79 Å². The fourth-order valence-electron chi connectivity index (χ4n) is 1.28. The summed E-state index contributed by atoms with van der Waals surface area (Å²) in [7, 11) is 0. The molecule has 108 valence electrons. The summed E-state index contributed by atoms with van der Waals surface area (Å²) in [4.78, 5) is 10.9. The first kappa shape index (κ1) is 17.8. The Morgan fingerprint density at radius 2 is 1.79 bits per heavy atom. The molecule has 0 saturated carbocycles. The van der Waals surface area contributed by atoms with Crippen LogP contribution >= 0.6 is 12.6 Å². The molecule has 1 rings (SSSR count). The average Bonchev–Trinajstić information content (AvgIpc) is 2.24. The van der Waals surface area contributed by atoms with E-state index >= 15 is 0 Å². The van der Waals surface area contributed by atoms with Gasteiger partial charge in [-0.25, -0.2) is 4.79 Å². The summed E-state index contributed by atoms with van der Waals surface area (Å²) in [6, 6.07) is 8.45. The molecule has 0 bridgehead atoms. The van der Waals surface area contributed by atoms with E-state index in [4.69, 9.17) is 4.74 Å². The van der Waals surface area contributed by atoms with Crippen LogP contribution < -0.4 is 5.32 Å². The van der Waals surface area contributed by atoms with E-state index in [0.717, 1.165) is 0 Å². The number of thiol groups is 1. The second kappa shape index (κ2) is 8.86. The highest BCUT2D eigenvalue weighted by Gasteiger charge is 2.14. The van der Waals surface area contributed by atoms with Gasteiger partial charge in [0.1, 0.15) is 5.60 Å². The predicted octanol–water partition coefficient (Wildman–Crippen LogP) is 3.74. The highest BCUT2D eigenvalue weighted by Crippen LogP contribution is 2.06. The monoisotopic (exact) mass is 283 g/mol. The maximum absolute atomic E-state index is 10.9. The van der Waals surface area contributed by atoms with Gasteiger partial charge in [0, 0.05) is 12.3 Å². The molecule has 0 fully saturated rings. The minimum Gasteiger partial charge on any atom is -0.444 e. The van der Waals surface area contributed by atoms with Crippen LogP contribution in [0.25, 0.3) is 0 Å². The zero-order valence-electron chi connectivity index (χ0n) is 12.5. The molecule has 0 atom stereocenters. The van der Waals surface area contributed by atoms with Crippen LogP contribution in [0, 0.1) is 13.8 Å². The van der Waals surface area contributed by atoms with Crippen LogP contribution in [0.4, 0.5) is 4.79 Å². The number of hydrogen-bond donors (Lipinski definition) is 2. The molecule has 0 spiro atoms. The normalized spacial score (nSPS) is 10.2. The molecule has 0 aromatic heterocycles. The Morgan fingerprint density at radius 3 is 2.11 bits per heavy atom. The predicted molar refractivity (Wildman–Crippen MR) is 84.0 cm³/mol. The average molecular weight is 283 g/mol. The first-order chi connectivity index (χ1) is 8.74. The Morgan fingerprint density at radius 1 is 1.26 bits per heavy atom. The van der Waals surface area contributed by atoms with Gasteiger partial charge in [0.25, 0.3) is 0 Å². The molecule has 0 saturated heterocycles. The van der Waals surface area contributed by atoms with E-state index < -0.39 is 5.60 Å². The lowest BCUT2D eigenvalue weighted by Crippen LogP contribution is -2.33. The summed E-state index contributed by atoms with van der Waals surface area (Å²) < 4.78 is 4.96. The number of aryl methyl sites for hydroxylation is 2. The number of benzene rings is 1. The van der Waals surface area contributed by atoms with Crippen molar-refractivity contribution in [2.75, 3.05) is 12.3 Å². The number of nitrogens with one attached hydrogen (secondary N) is 1. The molecule has 1 aromatic rings. The summed E-state index contributed by atoms with van der Waals surface area (Å²) in [5.74, 6) is 0.624. The first-order valence-electron chi connectivity index (χ1n) is 6.35. The minimum atomic E-state index is -0.416. The number of amides is 1. The van der Waals surface area contributed by atoms with Crippen LogP contribution in [0.5, 0.6) is 0 Å². The van der Waals surface area contributed by atoms with Crippen molar-refractivity contribution in [3.05, 3.63) is 35.4 Å². The second-order valence-corrected chi connectivity index (χ2v) is 5.76. The van der Waals surface area contributed by atoms with Crippen molar-refractivity contribution in [1.29, 1.82) is 0 Å². The van der Waals surface area contributed by atoms with Crippen LogP contribution in [0.2, 0.25) is 0 Å². The van der Waals surface area contributed by atoms with Crippen LogP contribution in [-0.2, 0) is 4.74 Å². The Balaban J connectivity index is 0.000000356. The molecule has 3 nitrogen and oxygen atoms in total. The summed E-state index contributed by atoms with van der Waals surface area (Å²) >= 11 is 3.94. The molecule has 0 unspecified atom stereocenters. The smallest absolute Gasteiger partial charge is 0.407 e. The third-order valence-corrected chi connectivity index (χ3v) is 2.18. The number of carbonyl (C=O) groups is 1. The third kappa shape index (κ3) is 11.7. The third-order valence-electron chi connectivity index (χ3n) is 1.95. The van der Waals surface area contributed by atoms with Crippen LogP contribution in [0.15, 0.2) is 24.3 Å². The van der Waals surface area contributed by atoms with E-state index in [1.165, 1.54) is 11.1 Å². The number of ether oxygens (including phenoxy) is 1. The van der Waals surface area contributed by atoms with E-state index in [2.05, 4.69) is 56.1 Å². The van der Waals surface area contributed by atoms with E-state index in [1.807, 2.05) is 20.8 Å². The van der Waals surface area contributed by atoms with Crippen molar-refractivity contribution in [1.82, 2.24) is 5.32 Å².